The molecule has 0 N–H and O–H groups in total. The lowest BCUT2D eigenvalue weighted by molar-refractivity contribution is 0.226. The predicted molar refractivity (Wildman–Crippen MR) is 91.7 cm³/mol. The van der Waals surface area contributed by atoms with E-state index in [1.807, 2.05) is 13.8 Å². The van der Waals surface area contributed by atoms with Crippen LogP contribution in [-0.2, 0) is 13.6 Å². The highest BCUT2D eigenvalue weighted by molar-refractivity contribution is 7.58. The molecule has 0 aliphatic rings. The third-order valence-electron chi connectivity index (χ3n) is 3.20. The van der Waals surface area contributed by atoms with Crippen LogP contribution in [0.5, 0.6) is 0 Å². The van der Waals surface area contributed by atoms with Gasteiger partial charge in [-0.05, 0) is 45.1 Å². The molecule has 0 amide bonds. The number of hydrogen-bond donors (Lipinski definition) is 0. The molecule has 0 bridgehead atoms. The second kappa shape index (κ2) is 12.2. The van der Waals surface area contributed by atoms with Crippen LogP contribution >= 0.6 is 7.60 Å². The van der Waals surface area contributed by atoms with E-state index in [2.05, 4.69) is 32.9 Å². The minimum absolute atomic E-state index is 0.396. The van der Waals surface area contributed by atoms with Gasteiger partial charge in [0.2, 0.25) is 0 Å². The molecule has 124 valence electrons. The summed E-state index contributed by atoms with van der Waals surface area (Å²) in [5.74, 6) is 0. The zero-order valence-electron chi connectivity index (χ0n) is 14.5. The van der Waals surface area contributed by atoms with Crippen molar-refractivity contribution >= 4 is 7.60 Å². The second-order valence-corrected chi connectivity index (χ2v) is 6.90. The molecule has 0 aromatic carbocycles. The highest BCUT2D eigenvalue weighted by atomic mass is 31.2. The summed E-state index contributed by atoms with van der Waals surface area (Å²) in [6.07, 6.45) is 10.4. The molecule has 0 aromatic rings. The van der Waals surface area contributed by atoms with Crippen molar-refractivity contribution in [1.29, 1.82) is 0 Å². The Labute approximate surface area is 131 Å². The van der Waals surface area contributed by atoms with Crippen LogP contribution in [0.15, 0.2) is 23.0 Å². The Kier molecular flexibility index (Phi) is 12.0. The van der Waals surface area contributed by atoms with Gasteiger partial charge in [-0.2, -0.15) is 0 Å². The minimum Gasteiger partial charge on any atom is -0.306 e. The van der Waals surface area contributed by atoms with Crippen molar-refractivity contribution < 1.29 is 13.6 Å². The second-order valence-electron chi connectivity index (χ2n) is 4.91. The first kappa shape index (κ1) is 20.6. The van der Waals surface area contributed by atoms with E-state index < -0.39 is 7.60 Å². The fourth-order valence-electron chi connectivity index (χ4n) is 2.24. The topological polar surface area (TPSA) is 35.5 Å². The molecule has 0 unspecified atom stereocenters. The maximum absolute atomic E-state index is 13.1. The number of unbranched alkanes of at least 4 members (excludes halogenated alkanes) is 3. The Bertz CT molecular complexity index is 362. The maximum Gasteiger partial charge on any atom is 0.361 e. The molecule has 0 atom stereocenters. The third kappa shape index (κ3) is 7.44. The van der Waals surface area contributed by atoms with E-state index in [-0.39, 0.29) is 0 Å². The van der Waals surface area contributed by atoms with Crippen molar-refractivity contribution in [2.75, 3.05) is 13.2 Å². The molecule has 0 aromatic heterocycles. The van der Waals surface area contributed by atoms with Crippen molar-refractivity contribution in [2.24, 2.45) is 0 Å². The molecule has 3 nitrogen and oxygen atoms in total. The molecule has 0 aliphatic heterocycles. The van der Waals surface area contributed by atoms with Gasteiger partial charge in [0.25, 0.3) is 0 Å². The average Bonchev–Trinajstić information content (AvgIpc) is 2.46. The summed E-state index contributed by atoms with van der Waals surface area (Å²) in [5.41, 5.74) is 1.10. The molecular formula is C17H33O3P. The van der Waals surface area contributed by atoms with Crippen LogP contribution < -0.4 is 0 Å². The van der Waals surface area contributed by atoms with E-state index >= 15 is 0 Å². The zero-order valence-corrected chi connectivity index (χ0v) is 15.4. The SMILES string of the molecule is CC/C=C(CC)/C(=C/CCCCC)P(=O)(OCC)OCC. The summed E-state index contributed by atoms with van der Waals surface area (Å²) in [7, 11) is -3.19. The van der Waals surface area contributed by atoms with Gasteiger partial charge in [-0.15, -0.1) is 0 Å². The standard InChI is InChI=1S/C17H33O3P/c1-6-11-12-13-15-17(16(8-3)14-7-2)21(18,19-9-4)20-10-5/h14-15H,6-13H2,1-5H3/b16-14+,17-15-. The minimum atomic E-state index is -3.19. The summed E-state index contributed by atoms with van der Waals surface area (Å²) in [6, 6.07) is 0. The van der Waals surface area contributed by atoms with Gasteiger partial charge in [-0.3, -0.25) is 4.57 Å². The largest absolute Gasteiger partial charge is 0.361 e. The maximum atomic E-state index is 13.1. The monoisotopic (exact) mass is 316 g/mol. The predicted octanol–water partition coefficient (Wildman–Crippen LogP) is 6.46. The van der Waals surface area contributed by atoms with Gasteiger partial charge in [-0.25, -0.2) is 0 Å². The molecular weight excluding hydrogens is 283 g/mol. The molecule has 0 saturated heterocycles. The molecule has 0 fully saturated rings. The summed E-state index contributed by atoms with van der Waals surface area (Å²) < 4.78 is 24.2. The quantitative estimate of drug-likeness (QED) is 0.235. The van der Waals surface area contributed by atoms with E-state index in [1.54, 1.807) is 0 Å². The van der Waals surface area contributed by atoms with Crippen molar-refractivity contribution in [3.8, 4) is 0 Å². The van der Waals surface area contributed by atoms with Crippen molar-refractivity contribution in [2.45, 2.75) is 73.1 Å². The van der Waals surface area contributed by atoms with E-state index in [0.717, 1.165) is 36.6 Å². The smallest absolute Gasteiger partial charge is 0.306 e. The van der Waals surface area contributed by atoms with Crippen LogP contribution in [0.3, 0.4) is 0 Å². The average molecular weight is 316 g/mol. The van der Waals surface area contributed by atoms with Gasteiger partial charge in [0.05, 0.1) is 18.5 Å². The van der Waals surface area contributed by atoms with Crippen LogP contribution in [0, 0.1) is 0 Å². The molecule has 0 spiro atoms. The summed E-state index contributed by atoms with van der Waals surface area (Å²) in [5, 5.41) is 0.784. The Morgan fingerprint density at radius 2 is 1.57 bits per heavy atom. The van der Waals surface area contributed by atoms with Crippen LogP contribution in [-0.4, -0.2) is 13.2 Å². The lowest BCUT2D eigenvalue weighted by Gasteiger charge is -2.22. The van der Waals surface area contributed by atoms with Crippen molar-refractivity contribution in [3.05, 3.63) is 23.0 Å². The van der Waals surface area contributed by atoms with Crippen LogP contribution in [0.25, 0.3) is 0 Å². The van der Waals surface area contributed by atoms with Gasteiger partial charge in [0, 0.05) is 0 Å². The third-order valence-corrected chi connectivity index (χ3v) is 5.46. The number of rotatable bonds is 12. The van der Waals surface area contributed by atoms with Gasteiger partial charge < -0.3 is 9.05 Å². The Morgan fingerprint density at radius 1 is 0.952 bits per heavy atom. The molecule has 0 aliphatic carbocycles. The summed E-state index contributed by atoms with van der Waals surface area (Å²) >= 11 is 0. The Balaban J connectivity index is 5.43. The number of allylic oxidation sites excluding steroid dienone is 4. The summed E-state index contributed by atoms with van der Waals surface area (Å²) in [6.45, 7) is 10.9. The van der Waals surface area contributed by atoms with E-state index in [4.69, 9.17) is 9.05 Å². The van der Waals surface area contributed by atoms with Crippen LogP contribution in [0.4, 0.5) is 0 Å². The Hall–Kier alpha value is -0.370. The zero-order chi connectivity index (χ0) is 16.1. The van der Waals surface area contributed by atoms with Gasteiger partial charge in [-0.1, -0.05) is 45.8 Å². The molecule has 21 heavy (non-hydrogen) atoms. The first-order valence-corrected chi connectivity index (χ1v) is 9.92. The summed E-state index contributed by atoms with van der Waals surface area (Å²) in [4.78, 5) is 0. The Morgan fingerprint density at radius 3 is 2.00 bits per heavy atom. The normalized spacial score (nSPS) is 13.8. The fourth-order valence-corrected chi connectivity index (χ4v) is 4.23. The highest BCUT2D eigenvalue weighted by Crippen LogP contribution is 2.59. The molecule has 0 radical (unpaired) electrons. The molecule has 0 heterocycles. The van der Waals surface area contributed by atoms with Gasteiger partial charge in [0.15, 0.2) is 0 Å². The van der Waals surface area contributed by atoms with Crippen LogP contribution in [0.1, 0.15) is 73.1 Å². The number of hydrogen-bond acceptors (Lipinski definition) is 3. The first-order valence-electron chi connectivity index (χ1n) is 8.38. The van der Waals surface area contributed by atoms with E-state index in [9.17, 15) is 4.57 Å². The van der Waals surface area contributed by atoms with E-state index in [0.29, 0.717) is 13.2 Å². The van der Waals surface area contributed by atoms with Crippen LogP contribution in [0.2, 0.25) is 0 Å². The first-order chi connectivity index (χ1) is 10.1. The van der Waals surface area contributed by atoms with Gasteiger partial charge in [0.1, 0.15) is 0 Å². The van der Waals surface area contributed by atoms with E-state index in [1.165, 1.54) is 12.8 Å². The van der Waals surface area contributed by atoms with Crippen molar-refractivity contribution in [1.82, 2.24) is 0 Å². The highest BCUT2D eigenvalue weighted by Gasteiger charge is 2.30. The molecule has 4 heteroatoms. The van der Waals surface area contributed by atoms with Gasteiger partial charge >= 0.3 is 7.60 Å². The fraction of sp³-hybridized carbons (Fsp3) is 0.765. The molecule has 0 rings (SSSR count). The molecule has 0 saturated carbocycles. The lowest BCUT2D eigenvalue weighted by Crippen LogP contribution is -2.01. The van der Waals surface area contributed by atoms with Crippen molar-refractivity contribution in [3.63, 3.8) is 0 Å². The lowest BCUT2D eigenvalue weighted by atomic mass is 10.1.